The number of fused-ring (bicyclic) bond motifs is 1. The topological polar surface area (TPSA) is 110 Å². The van der Waals surface area contributed by atoms with Crippen molar-refractivity contribution in [3.63, 3.8) is 0 Å². The lowest BCUT2D eigenvalue weighted by molar-refractivity contribution is -0.117. The van der Waals surface area contributed by atoms with Gasteiger partial charge >= 0.3 is 0 Å². The molecule has 3 rings (SSSR count). The van der Waals surface area contributed by atoms with Gasteiger partial charge in [0.2, 0.25) is 15.9 Å². The van der Waals surface area contributed by atoms with Crippen LogP contribution in [0.15, 0.2) is 0 Å². The number of nitrogens with zero attached hydrogens (tertiary/aromatic N) is 2. The van der Waals surface area contributed by atoms with E-state index in [9.17, 15) is 18.0 Å². The molecule has 0 saturated carbocycles. The highest BCUT2D eigenvalue weighted by Gasteiger charge is 2.35. The standard InChI is InChI=1S/C12H15N3O4S2/c13-21(18,19)6-7-4-10(17)15(5-7)12-14-8-2-1-3-9(16)11(8)20-12/h7H,1-6H2,(H2,13,18,19). The van der Waals surface area contributed by atoms with E-state index in [4.69, 9.17) is 5.14 Å². The van der Waals surface area contributed by atoms with Crippen LogP contribution in [0.1, 0.15) is 34.6 Å². The third kappa shape index (κ3) is 2.99. The lowest BCUT2D eigenvalue weighted by atomic mass is 10.0. The van der Waals surface area contributed by atoms with E-state index < -0.39 is 10.0 Å². The van der Waals surface area contributed by atoms with Crippen LogP contribution < -0.4 is 10.0 Å². The monoisotopic (exact) mass is 329 g/mol. The summed E-state index contributed by atoms with van der Waals surface area (Å²) in [5.41, 5.74) is 0.758. The summed E-state index contributed by atoms with van der Waals surface area (Å²) in [6, 6.07) is 0. The molecule has 1 amide bonds. The molecule has 0 aromatic carbocycles. The zero-order valence-corrected chi connectivity index (χ0v) is 12.9. The van der Waals surface area contributed by atoms with Crippen LogP contribution in [-0.2, 0) is 21.2 Å². The Balaban J connectivity index is 1.82. The van der Waals surface area contributed by atoms with Crippen LogP contribution in [0, 0.1) is 5.92 Å². The number of carbonyl (C=O) groups excluding carboxylic acids is 2. The molecule has 21 heavy (non-hydrogen) atoms. The van der Waals surface area contributed by atoms with Gasteiger partial charge in [-0.1, -0.05) is 11.3 Å². The molecule has 1 unspecified atom stereocenters. The summed E-state index contributed by atoms with van der Waals surface area (Å²) >= 11 is 1.23. The van der Waals surface area contributed by atoms with Crippen LogP contribution in [0.5, 0.6) is 0 Å². The number of carbonyl (C=O) groups is 2. The minimum Gasteiger partial charge on any atom is -0.293 e. The van der Waals surface area contributed by atoms with E-state index in [1.54, 1.807) is 0 Å². The minimum absolute atomic E-state index is 0.0766. The zero-order valence-electron chi connectivity index (χ0n) is 11.2. The second kappa shape index (κ2) is 5.15. The molecule has 2 N–H and O–H groups in total. The van der Waals surface area contributed by atoms with Gasteiger partial charge in [0.15, 0.2) is 10.9 Å². The first-order valence-electron chi connectivity index (χ1n) is 6.67. The Hall–Kier alpha value is -1.32. The van der Waals surface area contributed by atoms with Crippen molar-refractivity contribution >= 4 is 38.2 Å². The molecule has 1 atom stereocenters. The van der Waals surface area contributed by atoms with Crippen molar-refractivity contribution in [1.82, 2.24) is 4.98 Å². The molecule has 1 aliphatic carbocycles. The predicted molar refractivity (Wildman–Crippen MR) is 77.8 cm³/mol. The number of primary sulfonamides is 1. The fraction of sp³-hybridized carbons (Fsp3) is 0.583. The highest BCUT2D eigenvalue weighted by molar-refractivity contribution is 7.89. The van der Waals surface area contributed by atoms with Crippen LogP contribution in [0.25, 0.3) is 0 Å². The van der Waals surface area contributed by atoms with Gasteiger partial charge in [0.1, 0.15) is 0 Å². The molecule has 114 valence electrons. The van der Waals surface area contributed by atoms with Crippen molar-refractivity contribution in [3.05, 3.63) is 10.6 Å². The summed E-state index contributed by atoms with van der Waals surface area (Å²) in [6.45, 7) is 0.288. The van der Waals surface area contributed by atoms with E-state index in [-0.39, 0.29) is 36.3 Å². The number of ketones is 1. The van der Waals surface area contributed by atoms with Gasteiger partial charge in [-0.05, 0) is 12.8 Å². The molecule has 1 aliphatic heterocycles. The summed E-state index contributed by atoms with van der Waals surface area (Å²) < 4.78 is 22.3. The van der Waals surface area contributed by atoms with Crippen LogP contribution in [0.4, 0.5) is 5.13 Å². The molecule has 2 heterocycles. The maximum atomic E-state index is 12.0. The molecule has 0 radical (unpaired) electrons. The fourth-order valence-corrected chi connectivity index (χ4v) is 4.77. The number of thiazole rings is 1. The number of hydrogen-bond donors (Lipinski definition) is 1. The largest absolute Gasteiger partial charge is 0.293 e. The van der Waals surface area contributed by atoms with Gasteiger partial charge in [0.05, 0.1) is 16.3 Å². The Morgan fingerprint density at radius 1 is 1.33 bits per heavy atom. The third-order valence-electron chi connectivity index (χ3n) is 3.66. The first kappa shape index (κ1) is 14.6. The quantitative estimate of drug-likeness (QED) is 0.857. The number of amides is 1. The molecule has 1 aromatic heterocycles. The van der Waals surface area contributed by atoms with Crippen LogP contribution in [0.3, 0.4) is 0 Å². The van der Waals surface area contributed by atoms with E-state index in [0.29, 0.717) is 16.4 Å². The number of aromatic nitrogens is 1. The van der Waals surface area contributed by atoms with Gasteiger partial charge in [0.25, 0.3) is 0 Å². The Labute approximate surface area is 126 Å². The molecule has 7 nitrogen and oxygen atoms in total. The van der Waals surface area contributed by atoms with Crippen molar-refractivity contribution in [2.75, 3.05) is 17.2 Å². The van der Waals surface area contributed by atoms with Crippen molar-refractivity contribution in [2.24, 2.45) is 11.1 Å². The van der Waals surface area contributed by atoms with Crippen molar-refractivity contribution < 1.29 is 18.0 Å². The SMILES string of the molecule is NS(=O)(=O)CC1CC(=O)N(c2nc3c(s2)C(=O)CCC3)C1. The van der Waals surface area contributed by atoms with E-state index in [0.717, 1.165) is 18.5 Å². The van der Waals surface area contributed by atoms with Crippen molar-refractivity contribution in [1.29, 1.82) is 0 Å². The maximum Gasteiger partial charge on any atom is 0.229 e. The number of aryl methyl sites for hydroxylation is 1. The van der Waals surface area contributed by atoms with Crippen molar-refractivity contribution in [3.8, 4) is 0 Å². The number of hydrogen-bond acceptors (Lipinski definition) is 6. The van der Waals surface area contributed by atoms with Gasteiger partial charge in [0, 0.05) is 25.3 Å². The summed E-state index contributed by atoms with van der Waals surface area (Å²) in [5.74, 6) is -0.613. The molecular weight excluding hydrogens is 314 g/mol. The molecule has 1 aromatic rings. The fourth-order valence-electron chi connectivity index (χ4n) is 2.78. The molecule has 9 heteroatoms. The van der Waals surface area contributed by atoms with Crippen LogP contribution in [-0.4, -0.2) is 37.4 Å². The number of Topliss-reactive ketones (excluding diaryl/α,β-unsaturated/α-hetero) is 1. The van der Waals surface area contributed by atoms with E-state index in [1.807, 2.05) is 0 Å². The third-order valence-corrected chi connectivity index (χ3v) is 5.76. The maximum absolute atomic E-state index is 12.0. The molecule has 0 bridgehead atoms. The van der Waals surface area contributed by atoms with Gasteiger partial charge < -0.3 is 0 Å². The van der Waals surface area contributed by atoms with E-state index in [1.165, 1.54) is 16.2 Å². The summed E-state index contributed by atoms with van der Waals surface area (Å²) in [7, 11) is -3.60. The second-order valence-electron chi connectivity index (χ2n) is 5.45. The van der Waals surface area contributed by atoms with Crippen LogP contribution >= 0.6 is 11.3 Å². The molecule has 1 fully saturated rings. The molecule has 0 spiro atoms. The summed E-state index contributed by atoms with van der Waals surface area (Å²) in [4.78, 5) is 30.4. The summed E-state index contributed by atoms with van der Waals surface area (Å²) in [6.07, 6.45) is 2.21. The average Bonchev–Trinajstić information content (AvgIpc) is 2.91. The number of sulfonamides is 1. The number of nitrogens with two attached hydrogens (primary N) is 1. The normalized spacial score (nSPS) is 22.7. The van der Waals surface area contributed by atoms with Gasteiger partial charge in [-0.15, -0.1) is 0 Å². The van der Waals surface area contributed by atoms with Gasteiger partial charge in [-0.25, -0.2) is 18.5 Å². The van der Waals surface area contributed by atoms with Gasteiger partial charge in [-0.3, -0.25) is 14.5 Å². The first-order chi connectivity index (χ1) is 9.83. The summed E-state index contributed by atoms with van der Waals surface area (Å²) in [5, 5.41) is 5.52. The highest BCUT2D eigenvalue weighted by Crippen LogP contribution is 2.34. The van der Waals surface area contributed by atoms with Crippen LogP contribution in [0.2, 0.25) is 0 Å². The molecule has 2 aliphatic rings. The lowest BCUT2D eigenvalue weighted by Gasteiger charge is -2.12. The van der Waals surface area contributed by atoms with Gasteiger partial charge in [-0.2, -0.15) is 0 Å². The highest BCUT2D eigenvalue weighted by atomic mass is 32.2. The smallest absolute Gasteiger partial charge is 0.229 e. The second-order valence-corrected chi connectivity index (χ2v) is 8.09. The van der Waals surface area contributed by atoms with Crippen molar-refractivity contribution in [2.45, 2.75) is 25.7 Å². The average molecular weight is 329 g/mol. The predicted octanol–water partition coefficient (Wildman–Crippen LogP) is 0.304. The molecule has 1 saturated heterocycles. The Morgan fingerprint density at radius 2 is 2.10 bits per heavy atom. The first-order valence-corrected chi connectivity index (χ1v) is 9.20. The number of anilines is 1. The minimum atomic E-state index is -3.60. The van der Waals surface area contributed by atoms with E-state index >= 15 is 0 Å². The zero-order chi connectivity index (χ0) is 15.2. The lowest BCUT2D eigenvalue weighted by Crippen LogP contribution is -2.27. The Bertz CT molecular complexity index is 710. The van der Waals surface area contributed by atoms with E-state index in [2.05, 4.69) is 4.98 Å². The molecular formula is C12H15N3O4S2. The Morgan fingerprint density at radius 3 is 2.76 bits per heavy atom. The number of rotatable bonds is 3. The Kier molecular flexibility index (Phi) is 3.58.